The number of carbonyl (C=O) groups is 4. The van der Waals surface area contributed by atoms with Crippen LogP contribution in [0.3, 0.4) is 0 Å². The van der Waals surface area contributed by atoms with Crippen molar-refractivity contribution in [3.05, 3.63) is 71.4 Å². The molecule has 0 atom stereocenters. The van der Waals surface area contributed by atoms with Gasteiger partial charge in [0.2, 0.25) is 0 Å². The second-order valence-electron chi connectivity index (χ2n) is 6.87. The largest absolute Gasteiger partial charge is 0.360 e. The lowest BCUT2D eigenvalue weighted by molar-refractivity contribution is -0.143. The summed E-state index contributed by atoms with van der Waals surface area (Å²) >= 11 is 0. The first-order valence-corrected chi connectivity index (χ1v) is 9.34. The number of nitrogens with one attached hydrogen (secondary N) is 1. The second kappa shape index (κ2) is 7.35. The van der Waals surface area contributed by atoms with Crippen LogP contribution in [-0.2, 0) is 22.6 Å². The van der Waals surface area contributed by atoms with Gasteiger partial charge in [0.1, 0.15) is 0 Å². The number of amides is 4. The minimum Gasteiger partial charge on any atom is -0.360 e. The molecule has 0 spiro atoms. The lowest BCUT2D eigenvalue weighted by Crippen LogP contribution is -2.36. The number of carbonyl (C=O) groups excluding carboxylic acids is 4. The molecule has 7 heteroatoms. The summed E-state index contributed by atoms with van der Waals surface area (Å²) in [7, 11) is 0. The average Bonchev–Trinajstić information content (AvgIpc) is 3.26. The Balaban J connectivity index is 1.56. The Labute approximate surface area is 166 Å². The number of aryl methyl sites for hydroxylation is 1. The first kappa shape index (κ1) is 18.6. The standard InChI is InChI=1S/C22H19N3O4/c1-2-15-9-6-10-16-17(11-23-19(15)16)18(26)13-25-21(28)20(27)24(22(25)29)12-14-7-4-3-5-8-14/h3-11,23H,2,12-13H2,1H3. The molecule has 4 amide bonds. The van der Waals surface area contributed by atoms with E-state index >= 15 is 0 Å². The van der Waals surface area contributed by atoms with Crippen LogP contribution in [0.5, 0.6) is 0 Å². The van der Waals surface area contributed by atoms with E-state index in [1.54, 1.807) is 30.5 Å². The molecule has 1 N–H and O–H groups in total. The summed E-state index contributed by atoms with van der Waals surface area (Å²) in [6, 6.07) is 13.8. The van der Waals surface area contributed by atoms with Crippen molar-refractivity contribution in [2.24, 2.45) is 0 Å². The molecular formula is C22H19N3O4. The van der Waals surface area contributed by atoms with Crippen LogP contribution in [0.2, 0.25) is 0 Å². The predicted molar refractivity (Wildman–Crippen MR) is 106 cm³/mol. The van der Waals surface area contributed by atoms with Gasteiger partial charge in [-0.15, -0.1) is 0 Å². The van der Waals surface area contributed by atoms with Crippen LogP contribution >= 0.6 is 0 Å². The molecule has 0 radical (unpaired) electrons. The number of benzene rings is 2. The summed E-state index contributed by atoms with van der Waals surface area (Å²) in [4.78, 5) is 54.8. The molecule has 0 bridgehead atoms. The number of Topliss-reactive ketones (excluding diaryl/α,β-unsaturated/α-hetero) is 1. The van der Waals surface area contributed by atoms with Crippen LogP contribution in [0, 0.1) is 0 Å². The van der Waals surface area contributed by atoms with Crippen LogP contribution in [-0.4, -0.2) is 45.0 Å². The third-order valence-corrected chi connectivity index (χ3v) is 5.10. The highest BCUT2D eigenvalue weighted by atomic mass is 16.2. The normalized spacial score (nSPS) is 14.3. The lowest BCUT2D eigenvalue weighted by atomic mass is 10.0. The van der Waals surface area contributed by atoms with Gasteiger partial charge in [0.25, 0.3) is 0 Å². The Hall–Kier alpha value is -3.74. The molecule has 146 valence electrons. The summed E-state index contributed by atoms with van der Waals surface area (Å²) in [5, 5.41) is 0.737. The van der Waals surface area contributed by atoms with Gasteiger partial charge in [0, 0.05) is 22.7 Å². The van der Waals surface area contributed by atoms with Crippen LogP contribution in [0.1, 0.15) is 28.4 Å². The van der Waals surface area contributed by atoms with Gasteiger partial charge in [0.05, 0.1) is 13.1 Å². The molecule has 2 aromatic carbocycles. The van der Waals surface area contributed by atoms with Gasteiger partial charge in [-0.05, 0) is 17.5 Å². The number of hydrogen-bond acceptors (Lipinski definition) is 4. The maximum atomic E-state index is 12.8. The zero-order valence-electron chi connectivity index (χ0n) is 15.8. The maximum absolute atomic E-state index is 12.8. The molecule has 4 rings (SSSR count). The van der Waals surface area contributed by atoms with E-state index in [4.69, 9.17) is 0 Å². The van der Waals surface area contributed by atoms with Crippen LogP contribution < -0.4 is 0 Å². The summed E-state index contributed by atoms with van der Waals surface area (Å²) in [5.74, 6) is -2.30. The fourth-order valence-corrected chi connectivity index (χ4v) is 3.57. The minimum atomic E-state index is -0.978. The van der Waals surface area contributed by atoms with Gasteiger partial charge in [-0.3, -0.25) is 19.3 Å². The van der Waals surface area contributed by atoms with Gasteiger partial charge in [0.15, 0.2) is 5.78 Å². The van der Waals surface area contributed by atoms with E-state index < -0.39 is 30.2 Å². The number of urea groups is 1. The van der Waals surface area contributed by atoms with Crippen molar-refractivity contribution < 1.29 is 19.2 Å². The second-order valence-corrected chi connectivity index (χ2v) is 6.87. The molecule has 29 heavy (non-hydrogen) atoms. The molecule has 3 aromatic rings. The van der Waals surface area contributed by atoms with E-state index in [2.05, 4.69) is 4.98 Å². The summed E-state index contributed by atoms with van der Waals surface area (Å²) < 4.78 is 0. The maximum Gasteiger partial charge on any atom is 0.334 e. The molecule has 0 saturated carbocycles. The van der Waals surface area contributed by atoms with E-state index in [9.17, 15) is 19.2 Å². The Morgan fingerprint density at radius 1 is 0.931 bits per heavy atom. The Morgan fingerprint density at radius 2 is 1.66 bits per heavy atom. The van der Waals surface area contributed by atoms with Crippen molar-refractivity contribution in [2.45, 2.75) is 19.9 Å². The Kier molecular flexibility index (Phi) is 4.72. The molecule has 1 aromatic heterocycles. The monoisotopic (exact) mass is 389 g/mol. The number of ketones is 1. The van der Waals surface area contributed by atoms with E-state index in [0.29, 0.717) is 5.56 Å². The molecule has 1 fully saturated rings. The van der Waals surface area contributed by atoms with Gasteiger partial charge >= 0.3 is 17.8 Å². The summed E-state index contributed by atoms with van der Waals surface area (Å²) in [6.07, 6.45) is 2.39. The highest BCUT2D eigenvalue weighted by Crippen LogP contribution is 2.24. The Bertz CT molecular complexity index is 1130. The number of H-pyrrole nitrogens is 1. The molecule has 0 unspecified atom stereocenters. The smallest absolute Gasteiger partial charge is 0.334 e. The number of aromatic nitrogens is 1. The molecule has 1 saturated heterocycles. The molecular weight excluding hydrogens is 370 g/mol. The van der Waals surface area contributed by atoms with Crippen LogP contribution in [0.15, 0.2) is 54.7 Å². The SMILES string of the molecule is CCc1cccc2c(C(=O)CN3C(=O)C(=O)N(Cc4ccccc4)C3=O)c[nH]c12. The molecule has 1 aliphatic heterocycles. The van der Waals surface area contributed by atoms with Crippen molar-refractivity contribution in [1.82, 2.24) is 14.8 Å². The number of imide groups is 2. The van der Waals surface area contributed by atoms with E-state index in [0.717, 1.165) is 38.3 Å². The molecule has 1 aliphatic rings. The topological polar surface area (TPSA) is 90.6 Å². The van der Waals surface area contributed by atoms with Crippen molar-refractivity contribution in [1.29, 1.82) is 0 Å². The summed E-state index contributed by atoms with van der Waals surface area (Å²) in [5.41, 5.74) is 3.04. The van der Waals surface area contributed by atoms with E-state index in [1.165, 1.54) is 0 Å². The Morgan fingerprint density at radius 3 is 2.38 bits per heavy atom. The van der Waals surface area contributed by atoms with Crippen molar-refractivity contribution >= 4 is 34.5 Å². The van der Waals surface area contributed by atoms with Crippen molar-refractivity contribution in [3.8, 4) is 0 Å². The van der Waals surface area contributed by atoms with Gasteiger partial charge in [-0.2, -0.15) is 0 Å². The first-order chi connectivity index (χ1) is 14.0. The number of fused-ring (bicyclic) bond motifs is 1. The number of rotatable bonds is 6. The highest BCUT2D eigenvalue weighted by molar-refractivity contribution is 6.45. The molecule has 2 heterocycles. The van der Waals surface area contributed by atoms with E-state index in [1.807, 2.05) is 31.2 Å². The number of hydrogen-bond donors (Lipinski definition) is 1. The van der Waals surface area contributed by atoms with E-state index in [-0.39, 0.29) is 6.54 Å². The number of para-hydroxylation sites is 1. The third-order valence-electron chi connectivity index (χ3n) is 5.10. The minimum absolute atomic E-state index is 0.0120. The fourth-order valence-electron chi connectivity index (χ4n) is 3.57. The third kappa shape index (κ3) is 3.20. The highest BCUT2D eigenvalue weighted by Gasteiger charge is 2.45. The first-order valence-electron chi connectivity index (χ1n) is 9.34. The lowest BCUT2D eigenvalue weighted by Gasteiger charge is -2.15. The van der Waals surface area contributed by atoms with Crippen molar-refractivity contribution in [2.75, 3.05) is 6.54 Å². The van der Waals surface area contributed by atoms with Crippen LogP contribution in [0.4, 0.5) is 4.79 Å². The quantitative estimate of drug-likeness (QED) is 0.399. The zero-order valence-corrected chi connectivity index (χ0v) is 15.8. The van der Waals surface area contributed by atoms with Gasteiger partial charge in [-0.25, -0.2) is 9.69 Å². The van der Waals surface area contributed by atoms with Gasteiger partial charge in [-0.1, -0.05) is 55.5 Å². The number of nitrogens with zero attached hydrogens (tertiary/aromatic N) is 2. The van der Waals surface area contributed by atoms with Gasteiger partial charge < -0.3 is 4.98 Å². The van der Waals surface area contributed by atoms with Crippen LogP contribution in [0.25, 0.3) is 10.9 Å². The predicted octanol–water partition coefficient (Wildman–Crippen LogP) is 2.90. The average molecular weight is 389 g/mol. The summed E-state index contributed by atoms with van der Waals surface area (Å²) in [6.45, 7) is 1.53. The fraction of sp³-hybridized carbons (Fsp3) is 0.182. The van der Waals surface area contributed by atoms with Crippen molar-refractivity contribution in [3.63, 3.8) is 0 Å². The molecule has 7 nitrogen and oxygen atoms in total. The zero-order chi connectivity index (χ0) is 20.5. The molecule has 0 aliphatic carbocycles. The number of aromatic amines is 1.